The third kappa shape index (κ3) is 5.75. The second-order valence-corrected chi connectivity index (χ2v) is 6.12. The Morgan fingerprint density at radius 3 is 1.88 bits per heavy atom. The Morgan fingerprint density at radius 2 is 1.38 bits per heavy atom. The molecule has 0 aliphatic rings. The maximum absolute atomic E-state index is 8.83. The molecule has 0 heterocycles. The van der Waals surface area contributed by atoms with Gasteiger partial charge in [0.2, 0.25) is 0 Å². The van der Waals surface area contributed by atoms with Crippen molar-refractivity contribution in [2.24, 2.45) is 0 Å². The molecule has 0 spiro atoms. The van der Waals surface area contributed by atoms with Crippen LogP contribution in [0.15, 0.2) is 78.9 Å². The highest BCUT2D eigenvalue weighted by molar-refractivity contribution is 7.73. The first-order valence-corrected chi connectivity index (χ1v) is 8.82. The van der Waals surface area contributed by atoms with Crippen molar-refractivity contribution in [2.45, 2.75) is 6.92 Å². The van der Waals surface area contributed by atoms with Gasteiger partial charge in [-0.25, -0.2) is 4.21 Å². The topological polar surface area (TPSA) is 72.4 Å². The lowest BCUT2D eigenvalue weighted by Gasteiger charge is -2.09. The third-order valence-electron chi connectivity index (χ3n) is 3.70. The summed E-state index contributed by atoms with van der Waals surface area (Å²) in [5.41, 5.74) is 5.01. The largest absolute Gasteiger partial charge is 0.750 e. The molecule has 0 bridgehead atoms. The molecule has 1 unspecified atom stereocenters. The zero-order valence-electron chi connectivity index (χ0n) is 14.3. The average Bonchev–Trinajstić information content (AvgIpc) is 2.66. The number of aryl methyl sites for hydroxylation is 1. The molecule has 0 amide bonds. The summed E-state index contributed by atoms with van der Waals surface area (Å²) < 4.78 is 20.1. The van der Waals surface area contributed by atoms with Crippen molar-refractivity contribution >= 4 is 23.5 Å². The maximum atomic E-state index is 8.83. The number of benzene rings is 3. The molecule has 1 atom stereocenters. The third-order valence-corrected chi connectivity index (χ3v) is 3.81. The van der Waals surface area contributed by atoms with Gasteiger partial charge in [-0.3, -0.25) is 0 Å². The van der Waals surface area contributed by atoms with Gasteiger partial charge in [0, 0.05) is 0 Å². The van der Waals surface area contributed by atoms with Gasteiger partial charge in [-0.15, -0.1) is 0 Å². The van der Waals surface area contributed by atoms with Gasteiger partial charge in [0.25, 0.3) is 0 Å². The van der Waals surface area contributed by atoms with E-state index in [-0.39, 0.29) is 0 Å². The minimum Gasteiger partial charge on any atom is -0.750 e. The summed E-state index contributed by atoms with van der Waals surface area (Å²) in [6.07, 6.45) is 0. The molecular weight excluding hydrogens is 348 g/mol. The predicted octanol–water partition coefficient (Wildman–Crippen LogP) is 1.73. The zero-order valence-corrected chi connectivity index (χ0v) is 15.1. The highest BCUT2D eigenvalue weighted by Gasteiger charge is 2.05. The molecule has 5 heteroatoms. The van der Waals surface area contributed by atoms with Crippen molar-refractivity contribution in [3.8, 4) is 0 Å². The highest BCUT2D eigenvalue weighted by atomic mass is 32.2. The molecule has 0 aliphatic heterocycles. The Labute approximate surface area is 155 Å². The predicted molar refractivity (Wildman–Crippen MR) is 100 cm³/mol. The van der Waals surface area contributed by atoms with Crippen molar-refractivity contribution in [1.82, 2.24) is 0 Å². The van der Waals surface area contributed by atoms with E-state index < -0.39 is 11.4 Å². The zero-order chi connectivity index (χ0) is 18.9. The minimum atomic E-state index is -2.88. The molecule has 134 valence electrons. The lowest BCUT2D eigenvalue weighted by molar-refractivity contribution is -0.635. The van der Waals surface area contributed by atoms with Crippen LogP contribution in [0.5, 0.6) is 0 Å². The molecule has 0 N–H and O–H groups in total. The summed E-state index contributed by atoms with van der Waals surface area (Å²) in [6.45, 7) is 6.08. The Kier molecular flexibility index (Phi) is 7.44. The minimum absolute atomic E-state index is 1.04. The SMILES string of the molecule is C=c1ccc(=C(c2ccccc2)c2ccc(C)cc2)cc1.O=S([O-])O[O-]. The standard InChI is InChI=1S/C21H18.H2O4S/c1-16-8-12-19(13-9-16)21(18-6-4-3-5-7-18)20-14-10-17(2)11-15-20;1-4-5(2)3/h3-15H,1H2,2H3;1H,(H,2,3)/p-2. The molecule has 3 aromatic rings. The van der Waals surface area contributed by atoms with E-state index in [0.29, 0.717) is 0 Å². The maximum Gasteiger partial charge on any atom is 0.0748 e. The van der Waals surface area contributed by atoms with E-state index in [4.69, 9.17) is 14.0 Å². The van der Waals surface area contributed by atoms with E-state index >= 15 is 0 Å². The average molecular weight is 366 g/mol. The van der Waals surface area contributed by atoms with E-state index in [1.165, 1.54) is 27.5 Å². The van der Waals surface area contributed by atoms with Gasteiger partial charge in [-0.1, -0.05) is 91.0 Å². The smallest absolute Gasteiger partial charge is 0.0748 e. The lowest BCUT2D eigenvalue weighted by Crippen LogP contribution is -2.11. The van der Waals surface area contributed by atoms with Crippen molar-refractivity contribution in [3.63, 3.8) is 0 Å². The molecule has 3 aromatic carbocycles. The van der Waals surface area contributed by atoms with Crippen LogP contribution in [0.25, 0.3) is 12.2 Å². The van der Waals surface area contributed by atoms with Crippen LogP contribution >= 0.6 is 0 Å². The summed E-state index contributed by atoms with van der Waals surface area (Å²) in [6, 6.07) is 27.6. The molecule has 0 radical (unpaired) electrons. The van der Waals surface area contributed by atoms with Gasteiger partial charge in [0.15, 0.2) is 0 Å². The van der Waals surface area contributed by atoms with Crippen LogP contribution in [0.3, 0.4) is 0 Å². The highest BCUT2D eigenvalue weighted by Crippen LogP contribution is 2.20. The monoisotopic (exact) mass is 366 g/mol. The first-order chi connectivity index (χ1) is 12.5. The van der Waals surface area contributed by atoms with E-state index in [1.54, 1.807) is 0 Å². The van der Waals surface area contributed by atoms with Gasteiger partial charge in [-0.2, -0.15) is 0 Å². The molecule has 0 aliphatic carbocycles. The van der Waals surface area contributed by atoms with Crippen molar-refractivity contribution in [3.05, 3.63) is 106 Å². The molecule has 26 heavy (non-hydrogen) atoms. The Hall–Kier alpha value is -2.57. The summed E-state index contributed by atoms with van der Waals surface area (Å²) >= 11 is -2.88. The van der Waals surface area contributed by atoms with Crippen LogP contribution in [-0.4, -0.2) is 8.76 Å². The lowest BCUT2D eigenvalue weighted by atomic mass is 9.95. The van der Waals surface area contributed by atoms with Gasteiger partial charge in [0.05, 0.1) is 11.4 Å². The second-order valence-electron chi connectivity index (χ2n) is 5.58. The fourth-order valence-corrected chi connectivity index (χ4v) is 2.50. The number of rotatable bonds is 3. The van der Waals surface area contributed by atoms with E-state index in [2.05, 4.69) is 96.7 Å². The van der Waals surface area contributed by atoms with Gasteiger partial charge >= 0.3 is 0 Å². The van der Waals surface area contributed by atoms with Crippen LogP contribution in [0, 0.1) is 6.92 Å². The Bertz CT molecular complexity index is 944. The van der Waals surface area contributed by atoms with Crippen molar-refractivity contribution < 1.29 is 18.4 Å². The van der Waals surface area contributed by atoms with E-state index in [1.807, 2.05) is 0 Å². The Balaban J connectivity index is 0.000000431. The second kappa shape index (κ2) is 9.79. The first-order valence-electron chi connectivity index (χ1n) is 7.82. The van der Waals surface area contributed by atoms with Gasteiger partial charge in [0.1, 0.15) is 0 Å². The Morgan fingerprint density at radius 1 is 0.885 bits per heavy atom. The molecule has 0 fully saturated rings. The fourth-order valence-electron chi connectivity index (χ4n) is 2.50. The van der Waals surface area contributed by atoms with Crippen molar-refractivity contribution in [2.75, 3.05) is 0 Å². The van der Waals surface area contributed by atoms with Crippen LogP contribution in [0.2, 0.25) is 0 Å². The van der Waals surface area contributed by atoms with Crippen LogP contribution in [0.4, 0.5) is 0 Å². The quantitative estimate of drug-likeness (QED) is 0.402. The molecular formula is C21H18O4S-2. The molecule has 0 saturated heterocycles. The molecule has 0 aromatic heterocycles. The van der Waals surface area contributed by atoms with Crippen LogP contribution in [-0.2, 0) is 15.7 Å². The summed E-state index contributed by atoms with van der Waals surface area (Å²) in [4.78, 5) is 0. The van der Waals surface area contributed by atoms with E-state index in [0.717, 1.165) is 5.22 Å². The van der Waals surface area contributed by atoms with Crippen LogP contribution < -0.4 is 15.7 Å². The summed E-state index contributed by atoms with van der Waals surface area (Å²) in [7, 11) is 0. The number of hydrogen-bond donors (Lipinski definition) is 0. The normalized spacial score (nSPS) is 11.2. The molecule has 3 rings (SSSR count). The summed E-state index contributed by atoms with van der Waals surface area (Å²) in [5.74, 6) is 0. The fraction of sp³-hybridized carbons (Fsp3) is 0.0476. The van der Waals surface area contributed by atoms with E-state index in [9.17, 15) is 0 Å². The van der Waals surface area contributed by atoms with Crippen molar-refractivity contribution in [1.29, 1.82) is 0 Å². The first kappa shape index (κ1) is 19.8. The van der Waals surface area contributed by atoms with Gasteiger partial charge < -0.3 is 14.1 Å². The molecule has 0 saturated carbocycles. The summed E-state index contributed by atoms with van der Waals surface area (Å²) in [5, 5.41) is 10.8. The van der Waals surface area contributed by atoms with Crippen LogP contribution in [0.1, 0.15) is 16.7 Å². The number of hydrogen-bond acceptors (Lipinski definition) is 4. The van der Waals surface area contributed by atoms with Gasteiger partial charge in [-0.05, 0) is 34.1 Å². The molecule has 4 nitrogen and oxygen atoms in total.